The fourth-order valence-electron chi connectivity index (χ4n) is 2.13. The minimum Gasteiger partial charge on any atom is -0.351 e. The molecule has 1 heterocycles. The van der Waals surface area contributed by atoms with Crippen molar-refractivity contribution >= 4 is 10.9 Å². The van der Waals surface area contributed by atoms with E-state index in [0.717, 1.165) is 6.42 Å². The highest BCUT2D eigenvalue weighted by atomic mass is 14.9. The van der Waals surface area contributed by atoms with Crippen molar-refractivity contribution < 1.29 is 0 Å². The largest absolute Gasteiger partial charge is 0.351 e. The van der Waals surface area contributed by atoms with Crippen molar-refractivity contribution in [3.05, 3.63) is 36.0 Å². The van der Waals surface area contributed by atoms with E-state index in [-0.39, 0.29) is 0 Å². The Hall–Kier alpha value is -1.28. The van der Waals surface area contributed by atoms with Crippen LogP contribution < -0.4 is 5.73 Å². The number of nitrogens with two attached hydrogens (primary N) is 1. The van der Waals surface area contributed by atoms with Gasteiger partial charge in [-0.2, -0.15) is 0 Å². The first-order chi connectivity index (χ1) is 6.75. The summed E-state index contributed by atoms with van der Waals surface area (Å²) in [6.45, 7) is 0. The molecule has 0 radical (unpaired) electrons. The molecule has 1 aliphatic carbocycles. The van der Waals surface area contributed by atoms with Gasteiger partial charge in [0.05, 0.1) is 0 Å². The Labute approximate surface area is 83.3 Å². The van der Waals surface area contributed by atoms with Gasteiger partial charge in [0.25, 0.3) is 0 Å². The van der Waals surface area contributed by atoms with Crippen molar-refractivity contribution in [2.24, 2.45) is 12.8 Å². The van der Waals surface area contributed by atoms with Crippen LogP contribution in [0.5, 0.6) is 0 Å². The van der Waals surface area contributed by atoms with Gasteiger partial charge in [0.2, 0.25) is 0 Å². The number of aromatic nitrogens is 1. The van der Waals surface area contributed by atoms with Crippen LogP contribution in [0.2, 0.25) is 0 Å². The number of nitrogens with zero attached hydrogens (tertiary/aromatic N) is 1. The van der Waals surface area contributed by atoms with Crippen LogP contribution in [0.3, 0.4) is 0 Å². The molecule has 1 aromatic heterocycles. The van der Waals surface area contributed by atoms with Crippen molar-refractivity contribution in [2.45, 2.75) is 18.4 Å². The normalized spacial score (nSPS) is 25.6. The number of hydrogen-bond acceptors (Lipinski definition) is 1. The molecule has 0 amide bonds. The van der Waals surface area contributed by atoms with Crippen molar-refractivity contribution in [1.82, 2.24) is 4.57 Å². The summed E-state index contributed by atoms with van der Waals surface area (Å²) in [6, 6.07) is 9.23. The van der Waals surface area contributed by atoms with Crippen LogP contribution in [0, 0.1) is 0 Å². The third-order valence-electron chi connectivity index (χ3n) is 3.18. The zero-order chi connectivity index (χ0) is 9.71. The van der Waals surface area contributed by atoms with Crippen LogP contribution in [0.4, 0.5) is 0 Å². The summed E-state index contributed by atoms with van der Waals surface area (Å²) in [5.74, 6) is 0.611. The number of hydrogen-bond donors (Lipinski definition) is 1. The highest BCUT2D eigenvalue weighted by molar-refractivity contribution is 5.81. The fraction of sp³-hybridized carbons (Fsp3) is 0.333. The molecule has 2 N–H and O–H groups in total. The average molecular weight is 186 g/mol. The predicted octanol–water partition coefficient (Wildman–Crippen LogP) is 1.99. The molecule has 0 unspecified atom stereocenters. The molecule has 2 heteroatoms. The van der Waals surface area contributed by atoms with E-state index in [1.54, 1.807) is 0 Å². The standard InChI is InChI=1S/C12H14N2/c1-14-5-4-9-6-8(2-3-12(9)14)10-7-11(10)13/h2-6,10-11H,7,13H2,1H3/t10-,11+/m0/s1. The third kappa shape index (κ3) is 1.07. The molecule has 0 saturated heterocycles. The Kier molecular flexibility index (Phi) is 1.50. The first-order valence-electron chi connectivity index (χ1n) is 5.06. The lowest BCUT2D eigenvalue weighted by molar-refractivity contribution is 0.966. The smallest absolute Gasteiger partial charge is 0.0477 e. The second-order valence-corrected chi connectivity index (χ2v) is 4.25. The molecule has 14 heavy (non-hydrogen) atoms. The Morgan fingerprint density at radius 3 is 2.86 bits per heavy atom. The highest BCUT2D eigenvalue weighted by Gasteiger charge is 2.34. The van der Waals surface area contributed by atoms with Gasteiger partial charge in [-0.15, -0.1) is 0 Å². The van der Waals surface area contributed by atoms with Crippen LogP contribution in [-0.2, 0) is 7.05 Å². The zero-order valence-electron chi connectivity index (χ0n) is 8.27. The van der Waals surface area contributed by atoms with Gasteiger partial charge in [0.1, 0.15) is 0 Å². The topological polar surface area (TPSA) is 30.9 Å². The molecule has 0 aliphatic heterocycles. The molecule has 0 spiro atoms. The van der Waals surface area contributed by atoms with E-state index in [4.69, 9.17) is 5.73 Å². The van der Waals surface area contributed by atoms with Crippen molar-refractivity contribution in [2.75, 3.05) is 0 Å². The molecule has 72 valence electrons. The van der Waals surface area contributed by atoms with E-state index in [9.17, 15) is 0 Å². The maximum absolute atomic E-state index is 5.84. The minimum absolute atomic E-state index is 0.399. The van der Waals surface area contributed by atoms with Crippen LogP contribution in [0.15, 0.2) is 30.5 Å². The van der Waals surface area contributed by atoms with Gasteiger partial charge in [-0.25, -0.2) is 0 Å². The maximum Gasteiger partial charge on any atom is 0.0477 e. The molecular formula is C12H14N2. The average Bonchev–Trinajstić information content (AvgIpc) is 2.80. The Bertz CT molecular complexity index is 484. The first kappa shape index (κ1) is 8.06. The minimum atomic E-state index is 0.399. The Morgan fingerprint density at radius 2 is 2.14 bits per heavy atom. The van der Waals surface area contributed by atoms with Gasteiger partial charge in [-0.05, 0) is 35.6 Å². The number of rotatable bonds is 1. The number of benzene rings is 1. The second-order valence-electron chi connectivity index (χ2n) is 4.25. The molecule has 1 aromatic carbocycles. The summed E-state index contributed by atoms with van der Waals surface area (Å²) in [5.41, 5.74) is 8.54. The number of fused-ring (bicyclic) bond motifs is 1. The SMILES string of the molecule is Cn1ccc2cc([C@@H]3C[C@H]3N)ccc21. The Balaban J connectivity index is 2.12. The van der Waals surface area contributed by atoms with E-state index in [1.165, 1.54) is 16.5 Å². The van der Waals surface area contributed by atoms with Gasteiger partial charge in [0.15, 0.2) is 0 Å². The summed E-state index contributed by atoms with van der Waals surface area (Å²) in [7, 11) is 2.07. The second kappa shape index (κ2) is 2.61. The quantitative estimate of drug-likeness (QED) is 0.725. The molecule has 1 aliphatic rings. The fourth-order valence-corrected chi connectivity index (χ4v) is 2.13. The van der Waals surface area contributed by atoms with E-state index in [0.29, 0.717) is 12.0 Å². The van der Waals surface area contributed by atoms with E-state index in [2.05, 4.69) is 42.1 Å². The summed E-state index contributed by atoms with van der Waals surface area (Å²) in [5, 5.41) is 1.32. The zero-order valence-corrected chi connectivity index (χ0v) is 8.27. The lowest BCUT2D eigenvalue weighted by Gasteiger charge is -2.00. The first-order valence-corrected chi connectivity index (χ1v) is 5.06. The van der Waals surface area contributed by atoms with E-state index < -0.39 is 0 Å². The van der Waals surface area contributed by atoms with E-state index >= 15 is 0 Å². The van der Waals surface area contributed by atoms with Crippen LogP contribution in [-0.4, -0.2) is 10.6 Å². The summed E-state index contributed by atoms with van der Waals surface area (Å²) in [6.07, 6.45) is 3.25. The summed E-state index contributed by atoms with van der Waals surface area (Å²) in [4.78, 5) is 0. The van der Waals surface area contributed by atoms with Crippen LogP contribution in [0.1, 0.15) is 17.9 Å². The summed E-state index contributed by atoms with van der Waals surface area (Å²) >= 11 is 0. The predicted molar refractivity (Wildman–Crippen MR) is 58.3 cm³/mol. The Morgan fingerprint density at radius 1 is 1.36 bits per heavy atom. The molecule has 1 fully saturated rings. The number of aryl methyl sites for hydroxylation is 1. The third-order valence-corrected chi connectivity index (χ3v) is 3.18. The van der Waals surface area contributed by atoms with Gasteiger partial charge < -0.3 is 10.3 Å². The van der Waals surface area contributed by atoms with Crippen molar-refractivity contribution in [3.63, 3.8) is 0 Å². The van der Waals surface area contributed by atoms with Gasteiger partial charge in [0, 0.05) is 30.7 Å². The molecule has 2 nitrogen and oxygen atoms in total. The summed E-state index contributed by atoms with van der Waals surface area (Å²) < 4.78 is 2.14. The van der Waals surface area contributed by atoms with Crippen LogP contribution >= 0.6 is 0 Å². The van der Waals surface area contributed by atoms with Gasteiger partial charge >= 0.3 is 0 Å². The molecule has 2 aromatic rings. The maximum atomic E-state index is 5.84. The van der Waals surface area contributed by atoms with Crippen molar-refractivity contribution in [1.29, 1.82) is 0 Å². The molecule has 2 atom stereocenters. The van der Waals surface area contributed by atoms with Crippen LogP contribution in [0.25, 0.3) is 10.9 Å². The monoisotopic (exact) mass is 186 g/mol. The van der Waals surface area contributed by atoms with E-state index in [1.807, 2.05) is 0 Å². The lowest BCUT2D eigenvalue weighted by atomic mass is 10.1. The van der Waals surface area contributed by atoms with Gasteiger partial charge in [-0.1, -0.05) is 6.07 Å². The van der Waals surface area contributed by atoms with Gasteiger partial charge in [-0.3, -0.25) is 0 Å². The van der Waals surface area contributed by atoms with Crippen molar-refractivity contribution in [3.8, 4) is 0 Å². The lowest BCUT2D eigenvalue weighted by Crippen LogP contribution is -2.00. The molecule has 3 rings (SSSR count). The molecular weight excluding hydrogens is 172 g/mol. The molecule has 1 saturated carbocycles. The highest BCUT2D eigenvalue weighted by Crippen LogP contribution is 2.39. The molecule has 0 bridgehead atoms.